The molecule has 2 N–H and O–H groups in total. The molecule has 106 valence electrons. The van der Waals surface area contributed by atoms with Crippen molar-refractivity contribution in [3.05, 3.63) is 30.4 Å². The van der Waals surface area contributed by atoms with Gasteiger partial charge in [0.1, 0.15) is 10.6 Å². The first-order valence-corrected chi connectivity index (χ1v) is 7.35. The lowest BCUT2D eigenvalue weighted by atomic mass is 10.3. The Bertz CT molecular complexity index is 567. The summed E-state index contributed by atoms with van der Waals surface area (Å²) in [5, 5.41) is 0. The van der Waals surface area contributed by atoms with Crippen LogP contribution in [-0.2, 0) is 10.0 Å². The van der Waals surface area contributed by atoms with E-state index in [2.05, 4.69) is 6.58 Å². The fraction of sp³-hybridized carbons (Fsp3) is 0.385. The quantitative estimate of drug-likeness (QED) is 0.639. The largest absolute Gasteiger partial charge is 0.495 e. The molecule has 19 heavy (non-hydrogen) atoms. The summed E-state index contributed by atoms with van der Waals surface area (Å²) in [6.45, 7) is 7.97. The summed E-state index contributed by atoms with van der Waals surface area (Å²) in [7, 11) is -2.19. The van der Waals surface area contributed by atoms with E-state index in [-0.39, 0.29) is 17.2 Å². The zero-order valence-corrected chi connectivity index (χ0v) is 12.3. The van der Waals surface area contributed by atoms with Crippen molar-refractivity contribution in [2.24, 2.45) is 0 Å². The fourth-order valence-electron chi connectivity index (χ4n) is 1.70. The van der Waals surface area contributed by atoms with Gasteiger partial charge in [-0.25, -0.2) is 8.42 Å². The molecule has 0 fully saturated rings. The van der Waals surface area contributed by atoms with E-state index in [9.17, 15) is 8.42 Å². The van der Waals surface area contributed by atoms with Crippen LogP contribution in [0, 0.1) is 0 Å². The molecular weight excluding hydrogens is 264 g/mol. The molecule has 0 radical (unpaired) electrons. The maximum absolute atomic E-state index is 12.6. The van der Waals surface area contributed by atoms with E-state index in [1.165, 1.54) is 23.5 Å². The summed E-state index contributed by atoms with van der Waals surface area (Å²) in [5.41, 5.74) is 6.87. The summed E-state index contributed by atoms with van der Waals surface area (Å²) in [6.07, 6.45) is 0. The highest BCUT2D eigenvalue weighted by Crippen LogP contribution is 2.28. The number of hydrogen-bond acceptors (Lipinski definition) is 4. The summed E-state index contributed by atoms with van der Waals surface area (Å²) < 4.78 is 31.6. The summed E-state index contributed by atoms with van der Waals surface area (Å²) in [4.78, 5) is 0.118. The maximum Gasteiger partial charge on any atom is 0.247 e. The van der Waals surface area contributed by atoms with Gasteiger partial charge < -0.3 is 10.5 Å². The van der Waals surface area contributed by atoms with Gasteiger partial charge in [0.05, 0.1) is 7.11 Å². The molecule has 0 heterocycles. The van der Waals surface area contributed by atoms with Crippen LogP contribution in [0.25, 0.3) is 0 Å². The average molecular weight is 284 g/mol. The third kappa shape index (κ3) is 3.48. The molecule has 0 unspecified atom stereocenters. The summed E-state index contributed by atoms with van der Waals surface area (Å²) in [5.74, 6) is 0.250. The maximum atomic E-state index is 12.6. The molecule has 1 aromatic carbocycles. The smallest absolute Gasteiger partial charge is 0.247 e. The van der Waals surface area contributed by atoms with Gasteiger partial charge in [0, 0.05) is 24.8 Å². The molecule has 5 nitrogen and oxygen atoms in total. The van der Waals surface area contributed by atoms with Crippen LogP contribution in [0.15, 0.2) is 35.2 Å². The number of methoxy groups -OCH3 is 1. The van der Waals surface area contributed by atoms with Crippen molar-refractivity contribution in [1.82, 2.24) is 4.31 Å². The molecule has 0 bridgehead atoms. The van der Waals surface area contributed by atoms with Gasteiger partial charge in [-0.1, -0.05) is 19.1 Å². The minimum atomic E-state index is -3.61. The van der Waals surface area contributed by atoms with E-state index in [4.69, 9.17) is 10.5 Å². The average Bonchev–Trinajstić information content (AvgIpc) is 2.34. The van der Waals surface area contributed by atoms with Gasteiger partial charge in [-0.3, -0.25) is 0 Å². The van der Waals surface area contributed by atoms with Crippen LogP contribution in [-0.4, -0.2) is 32.9 Å². The van der Waals surface area contributed by atoms with E-state index in [0.29, 0.717) is 12.2 Å². The van der Waals surface area contributed by atoms with Crippen molar-refractivity contribution < 1.29 is 13.2 Å². The Labute approximate surface area is 114 Å². The van der Waals surface area contributed by atoms with Crippen LogP contribution in [0.3, 0.4) is 0 Å². The SMILES string of the molecule is C=C(C)CN(CC)S(=O)(=O)c1ccc(N)cc1OC. The highest BCUT2D eigenvalue weighted by Gasteiger charge is 2.26. The first-order valence-electron chi connectivity index (χ1n) is 5.91. The van der Waals surface area contributed by atoms with Crippen LogP contribution in [0.4, 0.5) is 5.69 Å². The van der Waals surface area contributed by atoms with Gasteiger partial charge in [-0.2, -0.15) is 4.31 Å². The van der Waals surface area contributed by atoms with Crippen molar-refractivity contribution in [1.29, 1.82) is 0 Å². The predicted molar refractivity (Wildman–Crippen MR) is 76.7 cm³/mol. The molecule has 0 amide bonds. The lowest BCUT2D eigenvalue weighted by Gasteiger charge is -2.21. The number of benzene rings is 1. The van der Waals surface area contributed by atoms with E-state index in [1.54, 1.807) is 19.9 Å². The second-order valence-corrected chi connectivity index (χ2v) is 6.20. The second kappa shape index (κ2) is 6.08. The minimum Gasteiger partial charge on any atom is -0.495 e. The number of hydrogen-bond donors (Lipinski definition) is 1. The topological polar surface area (TPSA) is 72.6 Å². The van der Waals surface area contributed by atoms with Crippen LogP contribution in [0.5, 0.6) is 5.75 Å². The van der Waals surface area contributed by atoms with Gasteiger partial charge in [0.15, 0.2) is 0 Å². The number of sulfonamides is 1. The van der Waals surface area contributed by atoms with E-state index < -0.39 is 10.0 Å². The molecule has 6 heteroatoms. The molecule has 0 saturated heterocycles. The van der Waals surface area contributed by atoms with Gasteiger partial charge in [0.25, 0.3) is 0 Å². The van der Waals surface area contributed by atoms with Crippen LogP contribution >= 0.6 is 0 Å². The normalized spacial score (nSPS) is 11.6. The molecule has 0 saturated carbocycles. The molecule has 0 aromatic heterocycles. The molecular formula is C13H20N2O3S. The van der Waals surface area contributed by atoms with Gasteiger partial charge in [0.2, 0.25) is 10.0 Å². The first-order chi connectivity index (χ1) is 8.82. The Kier molecular flexibility index (Phi) is 4.97. The third-order valence-corrected chi connectivity index (χ3v) is 4.56. The summed E-state index contributed by atoms with van der Waals surface area (Å²) in [6, 6.07) is 4.51. The number of anilines is 1. The first kappa shape index (κ1) is 15.5. The van der Waals surface area contributed by atoms with Crippen molar-refractivity contribution >= 4 is 15.7 Å². The number of ether oxygens (including phenoxy) is 1. The van der Waals surface area contributed by atoms with Gasteiger partial charge in [-0.15, -0.1) is 0 Å². The Morgan fingerprint density at radius 1 is 1.47 bits per heavy atom. The number of likely N-dealkylation sites (N-methyl/N-ethyl adjacent to an activating group) is 1. The highest BCUT2D eigenvalue weighted by molar-refractivity contribution is 7.89. The summed E-state index contributed by atoms with van der Waals surface area (Å²) >= 11 is 0. The van der Waals surface area contributed by atoms with Crippen molar-refractivity contribution in [3.63, 3.8) is 0 Å². The number of nitrogen functional groups attached to an aromatic ring is 1. The molecule has 0 spiro atoms. The fourth-order valence-corrected chi connectivity index (χ4v) is 3.35. The number of nitrogens with zero attached hydrogens (tertiary/aromatic N) is 1. The highest BCUT2D eigenvalue weighted by atomic mass is 32.2. The van der Waals surface area contributed by atoms with E-state index in [0.717, 1.165) is 5.57 Å². The lowest BCUT2D eigenvalue weighted by Crippen LogP contribution is -2.32. The molecule has 0 aliphatic rings. The van der Waals surface area contributed by atoms with Crippen molar-refractivity contribution in [2.45, 2.75) is 18.7 Å². The monoisotopic (exact) mass is 284 g/mol. The standard InChI is InChI=1S/C13H20N2O3S/c1-5-15(9-10(2)3)19(16,17)13-7-6-11(14)8-12(13)18-4/h6-8H,2,5,9,14H2,1,3-4H3. The van der Waals surface area contributed by atoms with Crippen molar-refractivity contribution in [2.75, 3.05) is 25.9 Å². The van der Waals surface area contributed by atoms with Crippen LogP contribution in [0.1, 0.15) is 13.8 Å². The van der Waals surface area contributed by atoms with E-state index >= 15 is 0 Å². The number of rotatable bonds is 6. The van der Waals surface area contributed by atoms with E-state index in [1.807, 2.05) is 0 Å². The van der Waals surface area contributed by atoms with Gasteiger partial charge in [-0.05, 0) is 19.1 Å². The Morgan fingerprint density at radius 3 is 2.58 bits per heavy atom. The minimum absolute atomic E-state index is 0.118. The zero-order chi connectivity index (χ0) is 14.6. The lowest BCUT2D eigenvalue weighted by molar-refractivity contribution is 0.396. The third-order valence-electron chi connectivity index (χ3n) is 2.60. The van der Waals surface area contributed by atoms with Crippen LogP contribution in [0.2, 0.25) is 0 Å². The molecule has 0 atom stereocenters. The van der Waals surface area contributed by atoms with Crippen molar-refractivity contribution in [3.8, 4) is 5.75 Å². The Hall–Kier alpha value is -1.53. The molecule has 1 rings (SSSR count). The Balaban J connectivity index is 3.29. The van der Waals surface area contributed by atoms with Gasteiger partial charge >= 0.3 is 0 Å². The zero-order valence-electron chi connectivity index (χ0n) is 11.5. The molecule has 1 aromatic rings. The second-order valence-electron chi connectivity index (χ2n) is 4.30. The Morgan fingerprint density at radius 2 is 2.11 bits per heavy atom. The van der Waals surface area contributed by atoms with Crippen LogP contribution < -0.4 is 10.5 Å². The number of nitrogens with two attached hydrogens (primary N) is 1. The molecule has 0 aliphatic heterocycles. The predicted octanol–water partition coefficient (Wildman–Crippen LogP) is 1.86. The molecule has 0 aliphatic carbocycles.